The lowest BCUT2D eigenvalue weighted by molar-refractivity contribution is -0.228. The molecule has 96 valence electrons. The van der Waals surface area contributed by atoms with Crippen LogP contribution in [0.15, 0.2) is 0 Å². The molecule has 2 aliphatic heterocycles. The highest BCUT2D eigenvalue weighted by atomic mass is 19.1. The van der Waals surface area contributed by atoms with E-state index in [0.29, 0.717) is 0 Å². The molecule has 6 nitrogen and oxygen atoms in total. The zero-order valence-electron chi connectivity index (χ0n) is 9.42. The molecule has 5 unspecified atom stereocenters. The monoisotopic (exact) mass is 248 g/mol. The van der Waals surface area contributed by atoms with Crippen LogP contribution < -0.4 is 0 Å². The van der Waals surface area contributed by atoms with Gasteiger partial charge >= 0.3 is 11.9 Å². The first kappa shape index (κ1) is 12.3. The Morgan fingerprint density at radius 1 is 1.18 bits per heavy atom. The minimum Gasteiger partial charge on any atom is -0.456 e. The van der Waals surface area contributed by atoms with Gasteiger partial charge in [0.05, 0.1) is 6.61 Å². The lowest BCUT2D eigenvalue weighted by atomic mass is 10.0. The van der Waals surface area contributed by atoms with E-state index in [1.165, 1.54) is 6.92 Å². The van der Waals surface area contributed by atoms with Crippen LogP contribution in [-0.4, -0.2) is 49.3 Å². The fourth-order valence-electron chi connectivity index (χ4n) is 1.99. The van der Waals surface area contributed by atoms with E-state index in [-0.39, 0.29) is 6.61 Å². The summed E-state index contributed by atoms with van der Waals surface area (Å²) in [5.41, 5.74) is 0. The van der Waals surface area contributed by atoms with Crippen molar-refractivity contribution < 1.29 is 32.9 Å². The Balaban J connectivity index is 2.16. The number of rotatable bonds is 2. The molecule has 7 heteroatoms. The molecule has 2 fully saturated rings. The summed E-state index contributed by atoms with van der Waals surface area (Å²) >= 11 is 0. The van der Waals surface area contributed by atoms with Gasteiger partial charge in [0, 0.05) is 13.8 Å². The Hall–Kier alpha value is -1.21. The van der Waals surface area contributed by atoms with Crippen LogP contribution in [0.1, 0.15) is 13.8 Å². The van der Waals surface area contributed by atoms with Gasteiger partial charge in [0.2, 0.25) is 0 Å². The maximum absolute atomic E-state index is 13.9. The van der Waals surface area contributed by atoms with Gasteiger partial charge in [-0.15, -0.1) is 0 Å². The van der Waals surface area contributed by atoms with Crippen molar-refractivity contribution in [1.29, 1.82) is 0 Å². The molecule has 0 amide bonds. The van der Waals surface area contributed by atoms with Gasteiger partial charge in [0.25, 0.3) is 0 Å². The average molecular weight is 248 g/mol. The molecule has 17 heavy (non-hydrogen) atoms. The van der Waals surface area contributed by atoms with Gasteiger partial charge in [-0.1, -0.05) is 0 Å². The van der Waals surface area contributed by atoms with E-state index < -0.39 is 42.7 Å². The van der Waals surface area contributed by atoms with Crippen molar-refractivity contribution in [3.05, 3.63) is 0 Å². The molecule has 0 spiro atoms. The van der Waals surface area contributed by atoms with Crippen LogP contribution in [0.25, 0.3) is 0 Å². The molecule has 2 rings (SSSR count). The summed E-state index contributed by atoms with van der Waals surface area (Å²) in [7, 11) is 0. The zero-order valence-corrected chi connectivity index (χ0v) is 9.42. The summed E-state index contributed by atoms with van der Waals surface area (Å²) in [6, 6.07) is 0. The number of carbonyl (C=O) groups excluding carboxylic acids is 2. The Kier molecular flexibility index (Phi) is 3.30. The molecule has 2 bridgehead atoms. The molecule has 0 N–H and O–H groups in total. The van der Waals surface area contributed by atoms with Gasteiger partial charge in [0.15, 0.2) is 24.7 Å². The van der Waals surface area contributed by atoms with E-state index >= 15 is 0 Å². The fourth-order valence-corrected chi connectivity index (χ4v) is 1.99. The van der Waals surface area contributed by atoms with E-state index in [1.807, 2.05) is 0 Å². The number of hydrogen-bond donors (Lipinski definition) is 0. The Bertz CT molecular complexity index is 317. The molecular formula is C10H13FO6. The van der Waals surface area contributed by atoms with E-state index in [9.17, 15) is 14.0 Å². The van der Waals surface area contributed by atoms with Crippen molar-refractivity contribution in [3.63, 3.8) is 0 Å². The number of fused-ring (bicyclic) bond motifs is 2. The standard InChI is InChI=1S/C10H13FO6/c1-4(12)15-8-6-3-14-10(17-6)7(11)9(8)16-5(2)13/h6-10H,3H2,1-2H3. The molecule has 0 aromatic heterocycles. The van der Waals surface area contributed by atoms with Crippen LogP contribution in [0.3, 0.4) is 0 Å². The van der Waals surface area contributed by atoms with Gasteiger partial charge in [-0.25, -0.2) is 4.39 Å². The van der Waals surface area contributed by atoms with Crippen molar-refractivity contribution in [2.24, 2.45) is 0 Å². The molecule has 2 aliphatic rings. The topological polar surface area (TPSA) is 71.1 Å². The van der Waals surface area contributed by atoms with Crippen molar-refractivity contribution >= 4 is 11.9 Å². The third kappa shape index (κ3) is 2.39. The Labute approximate surface area is 97.0 Å². The third-order valence-corrected chi connectivity index (χ3v) is 2.60. The number of esters is 2. The van der Waals surface area contributed by atoms with E-state index in [1.54, 1.807) is 0 Å². The molecule has 0 aromatic carbocycles. The average Bonchev–Trinajstić information content (AvgIpc) is 2.65. The minimum atomic E-state index is -1.66. The number of halogens is 1. The second-order valence-electron chi connectivity index (χ2n) is 3.97. The predicted molar refractivity (Wildman–Crippen MR) is 50.6 cm³/mol. The molecule has 2 heterocycles. The third-order valence-electron chi connectivity index (χ3n) is 2.60. The van der Waals surface area contributed by atoms with Gasteiger partial charge in [-0.05, 0) is 0 Å². The number of hydrogen-bond acceptors (Lipinski definition) is 6. The smallest absolute Gasteiger partial charge is 0.303 e. The molecular weight excluding hydrogens is 235 g/mol. The molecule has 0 radical (unpaired) electrons. The first-order chi connectivity index (χ1) is 7.99. The van der Waals surface area contributed by atoms with Crippen LogP contribution in [0.2, 0.25) is 0 Å². The minimum absolute atomic E-state index is 0.112. The van der Waals surface area contributed by atoms with Crippen LogP contribution in [-0.2, 0) is 28.5 Å². The highest BCUT2D eigenvalue weighted by Crippen LogP contribution is 2.33. The summed E-state index contributed by atoms with van der Waals surface area (Å²) < 4.78 is 33.9. The molecule has 5 atom stereocenters. The second-order valence-corrected chi connectivity index (χ2v) is 3.97. The summed E-state index contributed by atoms with van der Waals surface area (Å²) in [6.45, 7) is 2.47. The summed E-state index contributed by atoms with van der Waals surface area (Å²) in [5.74, 6) is -1.23. The number of carbonyl (C=O) groups is 2. The second kappa shape index (κ2) is 4.58. The van der Waals surface area contributed by atoms with Crippen LogP contribution in [0, 0.1) is 0 Å². The Morgan fingerprint density at radius 3 is 2.35 bits per heavy atom. The first-order valence-electron chi connectivity index (χ1n) is 5.24. The largest absolute Gasteiger partial charge is 0.456 e. The number of alkyl halides is 1. The van der Waals surface area contributed by atoms with Gasteiger partial charge in [0.1, 0.15) is 6.10 Å². The fraction of sp³-hybridized carbons (Fsp3) is 0.800. The maximum atomic E-state index is 13.9. The maximum Gasteiger partial charge on any atom is 0.303 e. The summed E-state index contributed by atoms with van der Waals surface area (Å²) in [5, 5.41) is 0. The highest BCUT2D eigenvalue weighted by molar-refractivity contribution is 5.67. The molecule has 0 aliphatic carbocycles. The van der Waals surface area contributed by atoms with Crippen molar-refractivity contribution in [2.75, 3.05) is 6.61 Å². The van der Waals surface area contributed by atoms with E-state index in [4.69, 9.17) is 18.9 Å². The van der Waals surface area contributed by atoms with Crippen LogP contribution >= 0.6 is 0 Å². The lowest BCUT2D eigenvalue weighted by Gasteiger charge is -2.35. The van der Waals surface area contributed by atoms with Crippen molar-refractivity contribution in [1.82, 2.24) is 0 Å². The normalized spacial score (nSPS) is 39.8. The van der Waals surface area contributed by atoms with E-state index in [0.717, 1.165) is 6.92 Å². The van der Waals surface area contributed by atoms with Crippen molar-refractivity contribution in [3.8, 4) is 0 Å². The molecule has 0 saturated carbocycles. The zero-order chi connectivity index (χ0) is 12.6. The molecule has 0 aromatic rings. The summed E-state index contributed by atoms with van der Waals surface area (Å²) in [6.07, 6.45) is -5.47. The lowest BCUT2D eigenvalue weighted by Crippen LogP contribution is -2.55. The quantitative estimate of drug-likeness (QED) is 0.638. The Morgan fingerprint density at radius 2 is 1.76 bits per heavy atom. The number of ether oxygens (including phenoxy) is 4. The van der Waals surface area contributed by atoms with Crippen LogP contribution in [0.4, 0.5) is 4.39 Å². The van der Waals surface area contributed by atoms with Gasteiger partial charge < -0.3 is 18.9 Å². The highest BCUT2D eigenvalue weighted by Gasteiger charge is 2.54. The van der Waals surface area contributed by atoms with Gasteiger partial charge in [-0.2, -0.15) is 0 Å². The molecule has 2 saturated heterocycles. The van der Waals surface area contributed by atoms with E-state index in [2.05, 4.69) is 0 Å². The van der Waals surface area contributed by atoms with Crippen molar-refractivity contribution in [2.45, 2.75) is 44.6 Å². The predicted octanol–water partition coefficient (Wildman–Crippen LogP) is -0.0570. The summed E-state index contributed by atoms with van der Waals surface area (Å²) in [4.78, 5) is 21.9. The first-order valence-corrected chi connectivity index (χ1v) is 5.24. The SMILES string of the molecule is CC(=O)OC1C2COC(O2)C(F)C1OC(C)=O. The van der Waals surface area contributed by atoms with Crippen LogP contribution in [0.5, 0.6) is 0 Å². The van der Waals surface area contributed by atoms with Gasteiger partial charge in [-0.3, -0.25) is 9.59 Å².